The van der Waals surface area contributed by atoms with Crippen LogP contribution in [0.3, 0.4) is 0 Å². The minimum Gasteiger partial charge on any atom is -0.340 e. The monoisotopic (exact) mass is 296 g/mol. The fourth-order valence-electron chi connectivity index (χ4n) is 3.04. The van der Waals surface area contributed by atoms with Gasteiger partial charge >= 0.3 is 0 Å². The zero-order chi connectivity index (χ0) is 16.3. The molecular formula is C20H28N2. The second-order valence-corrected chi connectivity index (χ2v) is 6.13. The lowest BCUT2D eigenvalue weighted by Gasteiger charge is -2.35. The first kappa shape index (κ1) is 16.5. The van der Waals surface area contributed by atoms with E-state index < -0.39 is 0 Å². The van der Waals surface area contributed by atoms with E-state index in [-0.39, 0.29) is 5.54 Å². The minimum absolute atomic E-state index is 0.119. The molecule has 0 radical (unpaired) electrons. The van der Waals surface area contributed by atoms with Gasteiger partial charge in [-0.3, -0.25) is 4.98 Å². The third-order valence-electron chi connectivity index (χ3n) is 4.93. The van der Waals surface area contributed by atoms with Gasteiger partial charge in [0.15, 0.2) is 0 Å². The largest absolute Gasteiger partial charge is 0.340 e. The van der Waals surface area contributed by atoms with E-state index >= 15 is 0 Å². The van der Waals surface area contributed by atoms with E-state index in [0.717, 1.165) is 11.9 Å². The summed E-state index contributed by atoms with van der Waals surface area (Å²) in [5, 5.41) is 2.48. The van der Waals surface area contributed by atoms with Crippen LogP contribution in [0.25, 0.3) is 21.8 Å². The maximum absolute atomic E-state index is 4.63. The summed E-state index contributed by atoms with van der Waals surface area (Å²) in [6.45, 7) is 13.2. The van der Waals surface area contributed by atoms with E-state index in [0.29, 0.717) is 5.92 Å². The van der Waals surface area contributed by atoms with Gasteiger partial charge in [0.1, 0.15) is 0 Å². The van der Waals surface area contributed by atoms with E-state index in [4.69, 9.17) is 0 Å². The summed E-state index contributed by atoms with van der Waals surface area (Å²) >= 11 is 0. The summed E-state index contributed by atoms with van der Waals surface area (Å²) in [6.07, 6.45) is 5.22. The van der Waals surface area contributed by atoms with Gasteiger partial charge < -0.3 is 4.57 Å². The molecule has 3 aromatic rings. The van der Waals surface area contributed by atoms with Gasteiger partial charge in [-0.05, 0) is 31.4 Å². The number of benzene rings is 1. The Bertz CT molecular complexity index is 755. The highest BCUT2D eigenvalue weighted by atomic mass is 15.1. The fraction of sp³-hybridized carbons (Fsp3) is 0.450. The van der Waals surface area contributed by atoms with Crippen LogP contribution in [0.5, 0.6) is 0 Å². The molecule has 0 spiro atoms. The van der Waals surface area contributed by atoms with Crippen molar-refractivity contribution in [3.05, 3.63) is 42.7 Å². The zero-order valence-corrected chi connectivity index (χ0v) is 14.7. The van der Waals surface area contributed by atoms with Gasteiger partial charge in [0, 0.05) is 28.7 Å². The number of pyridine rings is 1. The smallest absolute Gasteiger partial charge is 0.0944 e. The first-order valence-electron chi connectivity index (χ1n) is 8.43. The average Bonchev–Trinajstić information content (AvgIpc) is 3.00. The van der Waals surface area contributed by atoms with Gasteiger partial charge in [-0.2, -0.15) is 0 Å². The normalized spacial score (nSPS) is 14.0. The summed E-state index contributed by atoms with van der Waals surface area (Å²) < 4.78 is 2.43. The van der Waals surface area contributed by atoms with Crippen molar-refractivity contribution < 1.29 is 0 Å². The molecule has 0 aliphatic carbocycles. The summed E-state index contributed by atoms with van der Waals surface area (Å²) in [5.41, 5.74) is 2.49. The van der Waals surface area contributed by atoms with Crippen LogP contribution in [-0.4, -0.2) is 9.55 Å². The molecule has 0 saturated heterocycles. The van der Waals surface area contributed by atoms with Crippen molar-refractivity contribution in [1.29, 1.82) is 0 Å². The summed E-state index contributed by atoms with van der Waals surface area (Å²) in [4.78, 5) is 4.63. The fourth-order valence-corrected chi connectivity index (χ4v) is 3.04. The predicted octanol–water partition coefficient (Wildman–Crippen LogP) is 6.00. The molecule has 3 rings (SSSR count). The molecule has 2 heteroatoms. The van der Waals surface area contributed by atoms with Gasteiger partial charge in [0.25, 0.3) is 0 Å². The summed E-state index contributed by atoms with van der Waals surface area (Å²) in [7, 11) is 0. The van der Waals surface area contributed by atoms with Gasteiger partial charge in [-0.25, -0.2) is 0 Å². The van der Waals surface area contributed by atoms with Crippen LogP contribution in [0, 0.1) is 5.92 Å². The molecular weight excluding hydrogens is 268 g/mol. The predicted molar refractivity (Wildman–Crippen MR) is 97.4 cm³/mol. The molecule has 2 aromatic heterocycles. The molecule has 118 valence electrons. The van der Waals surface area contributed by atoms with Crippen LogP contribution in [0.4, 0.5) is 0 Å². The molecule has 2 nitrogen and oxygen atoms in total. The van der Waals surface area contributed by atoms with Crippen molar-refractivity contribution >= 4 is 21.8 Å². The SMILES string of the molecule is CC.CCC(C)(C(C)C)n1ccc2ccc3cccnc3c21. The molecule has 0 saturated carbocycles. The van der Waals surface area contributed by atoms with Crippen molar-refractivity contribution in [3.8, 4) is 0 Å². The van der Waals surface area contributed by atoms with E-state index in [1.165, 1.54) is 16.3 Å². The van der Waals surface area contributed by atoms with E-state index in [1.807, 2.05) is 26.1 Å². The first-order chi connectivity index (χ1) is 10.6. The van der Waals surface area contributed by atoms with Gasteiger partial charge in [-0.15, -0.1) is 0 Å². The Hall–Kier alpha value is -1.83. The topological polar surface area (TPSA) is 17.8 Å². The van der Waals surface area contributed by atoms with Crippen LogP contribution in [0.15, 0.2) is 42.7 Å². The van der Waals surface area contributed by atoms with E-state index in [9.17, 15) is 0 Å². The van der Waals surface area contributed by atoms with Crippen molar-refractivity contribution in [2.24, 2.45) is 5.92 Å². The van der Waals surface area contributed by atoms with Gasteiger partial charge in [0.05, 0.1) is 11.0 Å². The van der Waals surface area contributed by atoms with Crippen molar-refractivity contribution in [3.63, 3.8) is 0 Å². The molecule has 1 atom stereocenters. The molecule has 22 heavy (non-hydrogen) atoms. The Morgan fingerprint density at radius 2 is 1.77 bits per heavy atom. The number of hydrogen-bond donors (Lipinski definition) is 0. The lowest BCUT2D eigenvalue weighted by atomic mass is 9.85. The Labute approximate surface area is 134 Å². The van der Waals surface area contributed by atoms with E-state index in [2.05, 4.69) is 67.7 Å². The van der Waals surface area contributed by atoms with E-state index in [1.54, 1.807) is 0 Å². The quantitative estimate of drug-likeness (QED) is 0.580. The van der Waals surface area contributed by atoms with Crippen molar-refractivity contribution in [2.45, 2.75) is 53.5 Å². The number of hydrogen-bond acceptors (Lipinski definition) is 1. The van der Waals surface area contributed by atoms with Gasteiger partial charge in [-0.1, -0.05) is 52.8 Å². The van der Waals surface area contributed by atoms with Crippen LogP contribution in [0.1, 0.15) is 48.0 Å². The highest BCUT2D eigenvalue weighted by molar-refractivity contribution is 6.03. The Kier molecular flexibility index (Phi) is 4.90. The highest BCUT2D eigenvalue weighted by Gasteiger charge is 2.29. The Balaban J connectivity index is 0.000000847. The average molecular weight is 296 g/mol. The van der Waals surface area contributed by atoms with Crippen LogP contribution >= 0.6 is 0 Å². The standard InChI is InChI=1S/C18H22N2.C2H6/c1-5-18(4,13(2)3)20-12-10-15-9-8-14-7-6-11-19-16(14)17(15)20;1-2/h6-13H,5H2,1-4H3;1-2H3. The molecule has 1 aromatic carbocycles. The Morgan fingerprint density at radius 3 is 2.41 bits per heavy atom. The molecule has 0 bridgehead atoms. The summed E-state index contributed by atoms with van der Waals surface area (Å²) in [6, 6.07) is 10.7. The van der Waals surface area contributed by atoms with Crippen LogP contribution in [-0.2, 0) is 5.54 Å². The third-order valence-corrected chi connectivity index (χ3v) is 4.93. The zero-order valence-electron chi connectivity index (χ0n) is 14.7. The maximum Gasteiger partial charge on any atom is 0.0944 e. The molecule has 0 amide bonds. The second kappa shape index (κ2) is 6.51. The lowest BCUT2D eigenvalue weighted by Crippen LogP contribution is -2.34. The van der Waals surface area contributed by atoms with Crippen LogP contribution < -0.4 is 0 Å². The van der Waals surface area contributed by atoms with Crippen molar-refractivity contribution in [1.82, 2.24) is 9.55 Å². The van der Waals surface area contributed by atoms with Gasteiger partial charge in [0.2, 0.25) is 0 Å². The number of nitrogens with zero attached hydrogens (tertiary/aromatic N) is 2. The lowest BCUT2D eigenvalue weighted by molar-refractivity contribution is 0.220. The minimum atomic E-state index is 0.119. The maximum atomic E-state index is 4.63. The molecule has 0 fully saturated rings. The number of rotatable bonds is 3. The number of fused-ring (bicyclic) bond motifs is 3. The highest BCUT2D eigenvalue weighted by Crippen LogP contribution is 2.35. The Morgan fingerprint density at radius 1 is 1.09 bits per heavy atom. The molecule has 0 aliphatic rings. The molecule has 0 aliphatic heterocycles. The summed E-state index contributed by atoms with van der Waals surface area (Å²) in [5.74, 6) is 0.571. The number of aromatic nitrogens is 2. The molecule has 1 unspecified atom stereocenters. The van der Waals surface area contributed by atoms with Crippen molar-refractivity contribution in [2.75, 3.05) is 0 Å². The third kappa shape index (κ3) is 2.51. The first-order valence-corrected chi connectivity index (χ1v) is 8.43. The van der Waals surface area contributed by atoms with Crippen LogP contribution in [0.2, 0.25) is 0 Å². The molecule has 0 N–H and O–H groups in total. The second-order valence-electron chi connectivity index (χ2n) is 6.13. The molecule has 2 heterocycles.